The van der Waals surface area contributed by atoms with Gasteiger partial charge in [0.05, 0.1) is 11.1 Å². The second-order valence-electron chi connectivity index (χ2n) is 4.33. The molecule has 0 amide bonds. The van der Waals surface area contributed by atoms with Gasteiger partial charge in [-0.1, -0.05) is 33.6 Å². The lowest BCUT2D eigenvalue weighted by atomic mass is 10.2. The second-order valence-corrected chi connectivity index (χ2v) is 6.85. The highest BCUT2D eigenvalue weighted by Crippen LogP contribution is 2.16. The molecule has 0 aliphatic heterocycles. The Bertz CT molecular complexity index is 774. The number of rotatable bonds is 4. The number of hydrogen-bond acceptors (Lipinski definition) is 3. The molecule has 0 saturated heterocycles. The van der Waals surface area contributed by atoms with Gasteiger partial charge in [0.15, 0.2) is 0 Å². The molecule has 0 unspecified atom stereocenters. The normalized spacial score (nSPS) is 11.8. The summed E-state index contributed by atoms with van der Waals surface area (Å²) in [4.78, 5) is 2.24. The molecule has 2 rings (SSSR count). The van der Waals surface area contributed by atoms with E-state index >= 15 is 0 Å². The summed E-state index contributed by atoms with van der Waals surface area (Å²) in [6.45, 7) is 1.87. The average Bonchev–Trinajstić information content (AvgIpc) is 2.41. The van der Waals surface area contributed by atoms with Crippen molar-refractivity contribution in [1.29, 1.82) is 0 Å². The zero-order valence-corrected chi connectivity index (χ0v) is 13.4. The van der Waals surface area contributed by atoms with Gasteiger partial charge in [0.25, 0.3) is 10.0 Å². The summed E-state index contributed by atoms with van der Waals surface area (Å²) in [5.74, 6) is -0.390. The van der Waals surface area contributed by atoms with Gasteiger partial charge in [-0.25, -0.2) is 9.22 Å². The first-order valence-electron chi connectivity index (χ1n) is 5.95. The standard InChI is InChI=1S/C14H12BrFN2O2S/c1-10-2-6-13(7-3-10)21(19,20)18-17-9-11-4-5-12(16)8-14(11)15/h2-9,18H,1H3/b17-9+. The number of hydrogen-bond donors (Lipinski definition) is 1. The largest absolute Gasteiger partial charge is 0.276 e. The van der Waals surface area contributed by atoms with Gasteiger partial charge in [0.1, 0.15) is 5.82 Å². The van der Waals surface area contributed by atoms with Crippen LogP contribution in [-0.2, 0) is 10.0 Å². The third-order valence-corrected chi connectivity index (χ3v) is 4.60. The molecule has 0 spiro atoms. The quantitative estimate of drug-likeness (QED) is 0.663. The minimum absolute atomic E-state index is 0.128. The number of sulfonamides is 1. The van der Waals surface area contributed by atoms with E-state index in [9.17, 15) is 12.8 Å². The van der Waals surface area contributed by atoms with E-state index in [2.05, 4.69) is 25.9 Å². The second kappa shape index (κ2) is 6.36. The highest BCUT2D eigenvalue weighted by atomic mass is 79.9. The molecule has 2 aromatic rings. The molecule has 4 nitrogen and oxygen atoms in total. The lowest BCUT2D eigenvalue weighted by Gasteiger charge is -2.04. The molecule has 7 heteroatoms. The molecule has 0 aromatic heterocycles. The molecular formula is C14H12BrFN2O2S. The number of nitrogens with zero attached hydrogens (tertiary/aromatic N) is 1. The molecule has 0 fully saturated rings. The molecule has 0 aliphatic carbocycles. The topological polar surface area (TPSA) is 58.5 Å². The fourth-order valence-corrected chi connectivity index (χ4v) is 2.79. The molecule has 0 saturated carbocycles. The van der Waals surface area contributed by atoms with Gasteiger partial charge in [-0.15, -0.1) is 0 Å². The van der Waals surface area contributed by atoms with Crippen molar-refractivity contribution in [3.63, 3.8) is 0 Å². The number of halogens is 2. The highest BCUT2D eigenvalue weighted by molar-refractivity contribution is 9.10. The lowest BCUT2D eigenvalue weighted by molar-refractivity contribution is 0.584. The Morgan fingerprint density at radius 1 is 1.19 bits per heavy atom. The van der Waals surface area contributed by atoms with E-state index < -0.39 is 10.0 Å². The molecule has 0 radical (unpaired) electrons. The lowest BCUT2D eigenvalue weighted by Crippen LogP contribution is -2.18. The fraction of sp³-hybridized carbons (Fsp3) is 0.0714. The molecule has 0 bridgehead atoms. The van der Waals surface area contributed by atoms with E-state index in [-0.39, 0.29) is 10.7 Å². The zero-order valence-electron chi connectivity index (χ0n) is 11.0. The maximum atomic E-state index is 12.9. The van der Waals surface area contributed by atoms with Crippen molar-refractivity contribution in [2.45, 2.75) is 11.8 Å². The van der Waals surface area contributed by atoms with Gasteiger partial charge >= 0.3 is 0 Å². The SMILES string of the molecule is Cc1ccc(S(=O)(=O)N/N=C/c2ccc(F)cc2Br)cc1. The zero-order chi connectivity index (χ0) is 15.5. The number of aryl methyl sites for hydroxylation is 1. The molecule has 0 aliphatic rings. The Morgan fingerprint density at radius 3 is 2.48 bits per heavy atom. The molecule has 0 heterocycles. The summed E-state index contributed by atoms with van der Waals surface area (Å²) in [6, 6.07) is 10.4. The van der Waals surface area contributed by atoms with Crippen molar-refractivity contribution >= 4 is 32.2 Å². The predicted octanol–water partition coefficient (Wildman–Crippen LogP) is 3.21. The summed E-state index contributed by atoms with van der Waals surface area (Å²) in [7, 11) is -3.71. The van der Waals surface area contributed by atoms with Crippen molar-refractivity contribution in [3.8, 4) is 0 Å². The van der Waals surface area contributed by atoms with Crippen LogP contribution in [0.4, 0.5) is 4.39 Å². The van der Waals surface area contributed by atoms with Crippen LogP contribution in [0.3, 0.4) is 0 Å². The summed E-state index contributed by atoms with van der Waals surface area (Å²) in [5, 5.41) is 3.69. The van der Waals surface area contributed by atoms with Crippen LogP contribution < -0.4 is 4.83 Å². The maximum absolute atomic E-state index is 12.9. The van der Waals surface area contributed by atoms with Crippen LogP contribution in [0.25, 0.3) is 0 Å². The first-order valence-corrected chi connectivity index (χ1v) is 8.23. The average molecular weight is 371 g/mol. The summed E-state index contributed by atoms with van der Waals surface area (Å²) >= 11 is 3.17. The van der Waals surface area contributed by atoms with Crippen LogP contribution in [0.2, 0.25) is 0 Å². The smallest absolute Gasteiger partial charge is 0.207 e. The van der Waals surface area contributed by atoms with E-state index in [1.807, 2.05) is 6.92 Å². The van der Waals surface area contributed by atoms with E-state index in [1.54, 1.807) is 12.1 Å². The third kappa shape index (κ3) is 4.12. The van der Waals surface area contributed by atoms with E-state index in [4.69, 9.17) is 0 Å². The van der Waals surface area contributed by atoms with Crippen LogP contribution in [-0.4, -0.2) is 14.6 Å². The number of hydrazone groups is 1. The van der Waals surface area contributed by atoms with Crippen LogP contribution >= 0.6 is 15.9 Å². The van der Waals surface area contributed by atoms with Gasteiger partial charge < -0.3 is 0 Å². The molecule has 1 N–H and O–H groups in total. The molecule has 110 valence electrons. The van der Waals surface area contributed by atoms with Gasteiger partial charge in [0.2, 0.25) is 0 Å². The molecule has 21 heavy (non-hydrogen) atoms. The molecule has 2 aromatic carbocycles. The third-order valence-electron chi connectivity index (χ3n) is 2.67. The van der Waals surface area contributed by atoms with Crippen LogP contribution in [0.15, 0.2) is 56.9 Å². The molecule has 0 atom stereocenters. The van der Waals surface area contributed by atoms with Crippen LogP contribution in [0.1, 0.15) is 11.1 Å². The number of benzene rings is 2. The van der Waals surface area contributed by atoms with Crippen molar-refractivity contribution < 1.29 is 12.8 Å². The number of nitrogens with one attached hydrogen (secondary N) is 1. The van der Waals surface area contributed by atoms with Gasteiger partial charge in [-0.05, 0) is 37.3 Å². The predicted molar refractivity (Wildman–Crippen MR) is 83.2 cm³/mol. The Hall–Kier alpha value is -1.73. The van der Waals surface area contributed by atoms with E-state index in [1.165, 1.54) is 36.5 Å². The first-order chi connectivity index (χ1) is 9.88. The van der Waals surface area contributed by atoms with Crippen molar-refractivity contribution in [2.75, 3.05) is 0 Å². The summed E-state index contributed by atoms with van der Waals surface area (Å²) in [6.07, 6.45) is 1.30. The van der Waals surface area contributed by atoms with E-state index in [0.717, 1.165) is 5.56 Å². The van der Waals surface area contributed by atoms with Crippen molar-refractivity contribution in [3.05, 3.63) is 63.9 Å². The Kier molecular flexibility index (Phi) is 4.74. The monoisotopic (exact) mass is 370 g/mol. The van der Waals surface area contributed by atoms with Gasteiger partial charge in [-0.3, -0.25) is 0 Å². The van der Waals surface area contributed by atoms with Crippen molar-refractivity contribution in [2.24, 2.45) is 5.10 Å². The Morgan fingerprint density at radius 2 is 1.86 bits per heavy atom. The molecular weight excluding hydrogens is 359 g/mol. The Balaban J connectivity index is 2.14. The summed E-state index contributed by atoms with van der Waals surface area (Å²) in [5.41, 5.74) is 1.52. The van der Waals surface area contributed by atoms with Crippen LogP contribution in [0.5, 0.6) is 0 Å². The van der Waals surface area contributed by atoms with Gasteiger partial charge in [-0.2, -0.15) is 13.5 Å². The summed E-state index contributed by atoms with van der Waals surface area (Å²) < 4.78 is 37.4. The van der Waals surface area contributed by atoms with E-state index in [0.29, 0.717) is 10.0 Å². The Labute approximate surface area is 130 Å². The fourth-order valence-electron chi connectivity index (χ4n) is 1.54. The van der Waals surface area contributed by atoms with Crippen molar-refractivity contribution in [1.82, 2.24) is 4.83 Å². The maximum Gasteiger partial charge on any atom is 0.276 e. The van der Waals surface area contributed by atoms with Gasteiger partial charge in [0, 0.05) is 10.0 Å². The first kappa shape index (κ1) is 15.7. The minimum Gasteiger partial charge on any atom is -0.207 e. The highest BCUT2D eigenvalue weighted by Gasteiger charge is 2.11. The van der Waals surface area contributed by atoms with Crippen LogP contribution in [0, 0.1) is 12.7 Å². The minimum atomic E-state index is -3.71.